The standard InChI is InChI=1S/C11H14N2O3/c1-4-5-12-10(14)8-6(2)9(11(15)16)13-7(8)3/h4,13H,1,5H2,2-3H3,(H,12,14)(H,15,16). The van der Waals surface area contributed by atoms with Crippen LogP contribution in [0.3, 0.4) is 0 Å². The number of carbonyl (C=O) groups is 2. The maximum Gasteiger partial charge on any atom is 0.352 e. The Kier molecular flexibility index (Phi) is 3.50. The fourth-order valence-corrected chi connectivity index (χ4v) is 1.56. The third-order valence-corrected chi connectivity index (χ3v) is 2.29. The van der Waals surface area contributed by atoms with Crippen molar-refractivity contribution in [1.29, 1.82) is 0 Å². The van der Waals surface area contributed by atoms with Gasteiger partial charge in [0.05, 0.1) is 5.56 Å². The topological polar surface area (TPSA) is 82.2 Å². The minimum Gasteiger partial charge on any atom is -0.477 e. The van der Waals surface area contributed by atoms with Crippen molar-refractivity contribution in [1.82, 2.24) is 10.3 Å². The molecule has 0 aliphatic rings. The van der Waals surface area contributed by atoms with E-state index >= 15 is 0 Å². The smallest absolute Gasteiger partial charge is 0.352 e. The summed E-state index contributed by atoms with van der Waals surface area (Å²) < 4.78 is 0. The number of carbonyl (C=O) groups excluding carboxylic acids is 1. The van der Waals surface area contributed by atoms with Crippen molar-refractivity contribution in [2.24, 2.45) is 0 Å². The second-order valence-electron chi connectivity index (χ2n) is 3.43. The highest BCUT2D eigenvalue weighted by Crippen LogP contribution is 2.17. The number of aromatic amines is 1. The first-order chi connectivity index (χ1) is 7.49. The zero-order chi connectivity index (χ0) is 12.3. The van der Waals surface area contributed by atoms with Gasteiger partial charge in [-0.05, 0) is 19.4 Å². The molecule has 0 saturated heterocycles. The molecular formula is C11H14N2O3. The van der Waals surface area contributed by atoms with Crippen LogP contribution in [0.5, 0.6) is 0 Å². The molecule has 0 bridgehead atoms. The van der Waals surface area contributed by atoms with Crippen LogP contribution in [0.1, 0.15) is 32.1 Å². The van der Waals surface area contributed by atoms with E-state index in [2.05, 4.69) is 16.9 Å². The van der Waals surface area contributed by atoms with Crippen molar-refractivity contribution < 1.29 is 14.7 Å². The SMILES string of the molecule is C=CCNC(=O)c1c(C)[nH]c(C(=O)O)c1C. The summed E-state index contributed by atoms with van der Waals surface area (Å²) in [5.41, 5.74) is 1.45. The van der Waals surface area contributed by atoms with Gasteiger partial charge in [0.25, 0.3) is 5.91 Å². The molecule has 1 aromatic heterocycles. The summed E-state index contributed by atoms with van der Waals surface area (Å²) in [5, 5.41) is 11.5. The molecule has 86 valence electrons. The summed E-state index contributed by atoms with van der Waals surface area (Å²) >= 11 is 0. The monoisotopic (exact) mass is 222 g/mol. The molecular weight excluding hydrogens is 208 g/mol. The summed E-state index contributed by atoms with van der Waals surface area (Å²) in [6.07, 6.45) is 1.56. The van der Waals surface area contributed by atoms with Gasteiger partial charge in [0.2, 0.25) is 0 Å². The molecule has 16 heavy (non-hydrogen) atoms. The van der Waals surface area contributed by atoms with E-state index in [1.807, 2.05) is 0 Å². The molecule has 0 atom stereocenters. The van der Waals surface area contributed by atoms with Crippen molar-refractivity contribution in [3.63, 3.8) is 0 Å². The van der Waals surface area contributed by atoms with Gasteiger partial charge < -0.3 is 15.4 Å². The molecule has 1 heterocycles. The first-order valence-electron chi connectivity index (χ1n) is 4.80. The molecule has 0 saturated carbocycles. The fraction of sp³-hybridized carbons (Fsp3) is 0.273. The van der Waals surface area contributed by atoms with Crippen LogP contribution in [-0.2, 0) is 0 Å². The first-order valence-corrected chi connectivity index (χ1v) is 4.80. The molecule has 0 aromatic carbocycles. The van der Waals surface area contributed by atoms with Crippen molar-refractivity contribution in [3.05, 3.63) is 35.2 Å². The number of aromatic nitrogens is 1. The molecule has 0 radical (unpaired) electrons. The number of rotatable bonds is 4. The van der Waals surface area contributed by atoms with Crippen LogP contribution in [0.15, 0.2) is 12.7 Å². The highest BCUT2D eigenvalue weighted by Gasteiger charge is 2.20. The number of aromatic carboxylic acids is 1. The molecule has 1 amide bonds. The summed E-state index contributed by atoms with van der Waals surface area (Å²) in [6.45, 7) is 7.12. The molecule has 0 aliphatic heterocycles. The van der Waals surface area contributed by atoms with E-state index in [0.29, 0.717) is 23.4 Å². The predicted octanol–water partition coefficient (Wildman–Crippen LogP) is 1.25. The minimum absolute atomic E-state index is 0.0567. The number of carboxylic acids is 1. The Balaban J connectivity index is 3.09. The third kappa shape index (κ3) is 2.13. The molecule has 3 N–H and O–H groups in total. The van der Waals surface area contributed by atoms with Gasteiger partial charge in [-0.3, -0.25) is 4.79 Å². The summed E-state index contributed by atoms with van der Waals surface area (Å²) in [5.74, 6) is -1.36. The van der Waals surface area contributed by atoms with Crippen LogP contribution in [0.25, 0.3) is 0 Å². The van der Waals surface area contributed by atoms with Crippen LogP contribution in [0, 0.1) is 13.8 Å². The van der Waals surface area contributed by atoms with Crippen LogP contribution < -0.4 is 5.32 Å². The van der Waals surface area contributed by atoms with Crippen molar-refractivity contribution in [2.45, 2.75) is 13.8 Å². The van der Waals surface area contributed by atoms with Crippen LogP contribution in [0.2, 0.25) is 0 Å². The largest absolute Gasteiger partial charge is 0.477 e. The second kappa shape index (κ2) is 4.65. The highest BCUT2D eigenvalue weighted by molar-refractivity contribution is 6.00. The van der Waals surface area contributed by atoms with E-state index in [9.17, 15) is 9.59 Å². The predicted molar refractivity (Wildman–Crippen MR) is 59.8 cm³/mol. The first kappa shape index (κ1) is 12.0. The molecule has 1 aromatic rings. The Morgan fingerprint density at radius 2 is 2.12 bits per heavy atom. The Hall–Kier alpha value is -2.04. The summed E-state index contributed by atoms with van der Waals surface area (Å²) in [6, 6.07) is 0. The van der Waals surface area contributed by atoms with Crippen molar-refractivity contribution >= 4 is 11.9 Å². The number of aryl methyl sites for hydroxylation is 1. The lowest BCUT2D eigenvalue weighted by atomic mass is 10.1. The van der Waals surface area contributed by atoms with E-state index < -0.39 is 5.97 Å². The normalized spacial score (nSPS) is 9.88. The second-order valence-corrected chi connectivity index (χ2v) is 3.43. The van der Waals surface area contributed by atoms with Gasteiger partial charge in [-0.2, -0.15) is 0 Å². The Labute approximate surface area is 93.2 Å². The zero-order valence-corrected chi connectivity index (χ0v) is 9.26. The highest BCUT2D eigenvalue weighted by atomic mass is 16.4. The number of amides is 1. The van der Waals surface area contributed by atoms with Crippen LogP contribution >= 0.6 is 0 Å². The lowest BCUT2D eigenvalue weighted by Gasteiger charge is -2.02. The molecule has 0 spiro atoms. The number of H-pyrrole nitrogens is 1. The number of nitrogens with one attached hydrogen (secondary N) is 2. The summed E-state index contributed by atoms with van der Waals surface area (Å²) in [7, 11) is 0. The maximum absolute atomic E-state index is 11.7. The van der Waals surface area contributed by atoms with Gasteiger partial charge in [-0.25, -0.2) is 4.79 Å². The number of hydrogen-bond acceptors (Lipinski definition) is 2. The minimum atomic E-state index is -1.07. The Morgan fingerprint density at radius 1 is 1.50 bits per heavy atom. The molecule has 5 nitrogen and oxygen atoms in total. The van der Waals surface area contributed by atoms with Crippen molar-refractivity contribution in [2.75, 3.05) is 6.54 Å². The lowest BCUT2D eigenvalue weighted by Crippen LogP contribution is -2.24. The maximum atomic E-state index is 11.7. The van der Waals surface area contributed by atoms with E-state index in [-0.39, 0.29) is 11.6 Å². The molecule has 0 aliphatic carbocycles. The Morgan fingerprint density at radius 3 is 2.56 bits per heavy atom. The Bertz CT molecular complexity index is 446. The average molecular weight is 222 g/mol. The van der Waals surface area contributed by atoms with Crippen molar-refractivity contribution in [3.8, 4) is 0 Å². The number of carboxylic acid groups (broad SMARTS) is 1. The van der Waals surface area contributed by atoms with Gasteiger partial charge in [-0.1, -0.05) is 6.08 Å². The van der Waals surface area contributed by atoms with Gasteiger partial charge >= 0.3 is 5.97 Å². The number of hydrogen-bond donors (Lipinski definition) is 3. The van der Waals surface area contributed by atoms with Gasteiger partial charge in [-0.15, -0.1) is 6.58 Å². The zero-order valence-electron chi connectivity index (χ0n) is 9.26. The molecule has 1 rings (SSSR count). The van der Waals surface area contributed by atoms with Gasteiger partial charge in [0, 0.05) is 12.2 Å². The third-order valence-electron chi connectivity index (χ3n) is 2.29. The van der Waals surface area contributed by atoms with E-state index in [1.165, 1.54) is 0 Å². The molecule has 0 fully saturated rings. The molecule has 5 heteroatoms. The summed E-state index contributed by atoms with van der Waals surface area (Å²) in [4.78, 5) is 25.2. The van der Waals surface area contributed by atoms with E-state index in [0.717, 1.165) is 0 Å². The lowest BCUT2D eigenvalue weighted by molar-refractivity contribution is 0.0690. The van der Waals surface area contributed by atoms with Crippen LogP contribution in [0.4, 0.5) is 0 Å². The molecule has 0 unspecified atom stereocenters. The van der Waals surface area contributed by atoms with E-state index in [4.69, 9.17) is 5.11 Å². The quantitative estimate of drug-likeness (QED) is 0.670. The van der Waals surface area contributed by atoms with E-state index in [1.54, 1.807) is 19.9 Å². The fourth-order valence-electron chi connectivity index (χ4n) is 1.56. The van der Waals surface area contributed by atoms with Gasteiger partial charge in [0.15, 0.2) is 0 Å². The van der Waals surface area contributed by atoms with Crippen LogP contribution in [-0.4, -0.2) is 28.5 Å². The van der Waals surface area contributed by atoms with Gasteiger partial charge in [0.1, 0.15) is 5.69 Å². The average Bonchev–Trinajstić information content (AvgIpc) is 2.51.